The summed E-state index contributed by atoms with van der Waals surface area (Å²) >= 11 is 0. The number of amides is 1. The second-order valence-electron chi connectivity index (χ2n) is 11.0. The first-order valence-corrected chi connectivity index (χ1v) is 12.3. The maximum absolute atomic E-state index is 13.8. The molecule has 4 fully saturated rings. The van der Waals surface area contributed by atoms with Crippen LogP contribution >= 0.6 is 0 Å². The van der Waals surface area contributed by atoms with E-state index in [1.54, 1.807) is 0 Å². The summed E-state index contributed by atoms with van der Waals surface area (Å²) in [6.45, 7) is 4.95. The molecule has 0 aromatic rings. The van der Waals surface area contributed by atoms with Gasteiger partial charge in [0.15, 0.2) is 18.0 Å². The fourth-order valence-corrected chi connectivity index (χ4v) is 7.33. The zero-order valence-electron chi connectivity index (χ0n) is 20.4. The minimum Gasteiger partial charge on any atom is -0.469 e. The highest BCUT2D eigenvalue weighted by atomic mass is 16.6. The second-order valence-corrected chi connectivity index (χ2v) is 11.0. The Morgan fingerprint density at radius 1 is 1.06 bits per heavy atom. The molecule has 0 bridgehead atoms. The highest BCUT2D eigenvalue weighted by molar-refractivity contribution is 5.94. The van der Waals surface area contributed by atoms with Crippen LogP contribution in [0.5, 0.6) is 0 Å². The van der Waals surface area contributed by atoms with Crippen molar-refractivity contribution >= 4 is 29.6 Å². The summed E-state index contributed by atoms with van der Waals surface area (Å²) in [5.41, 5.74) is -1.72. The zero-order valence-corrected chi connectivity index (χ0v) is 20.4. The van der Waals surface area contributed by atoms with Crippen molar-refractivity contribution in [1.82, 2.24) is 5.32 Å². The third kappa shape index (κ3) is 4.01. The molecule has 9 heteroatoms. The average Bonchev–Trinajstić information content (AvgIpc) is 3.27. The van der Waals surface area contributed by atoms with Crippen molar-refractivity contribution < 1.29 is 38.2 Å². The van der Waals surface area contributed by atoms with E-state index in [0.29, 0.717) is 12.8 Å². The zero-order chi connectivity index (χ0) is 24.8. The van der Waals surface area contributed by atoms with Gasteiger partial charge in [-0.25, -0.2) is 0 Å². The number of hydrogen-bond donors (Lipinski definition) is 1. The van der Waals surface area contributed by atoms with Crippen LogP contribution < -0.4 is 5.32 Å². The van der Waals surface area contributed by atoms with E-state index in [-0.39, 0.29) is 30.6 Å². The molecular weight excluding hydrogens is 442 g/mol. The highest BCUT2D eigenvalue weighted by Gasteiger charge is 2.68. The van der Waals surface area contributed by atoms with Gasteiger partial charge in [-0.05, 0) is 36.5 Å². The predicted molar refractivity (Wildman–Crippen MR) is 118 cm³/mol. The SMILES string of the molecule is COC(=O)[C@@H]1C[C@H](OC(C)=O)C(=O)[C@H]2[C@@]1(C)CC[C@H]1C(=O)O[C@H](C(=O)NC3CCCC3)C[C@]21C. The van der Waals surface area contributed by atoms with E-state index in [0.717, 1.165) is 25.7 Å². The van der Waals surface area contributed by atoms with E-state index in [1.165, 1.54) is 14.0 Å². The molecule has 0 aromatic heterocycles. The standard InChI is InChI=1S/C25H35NO8/c1-13(27)33-17-11-16(22(30)32-4)24(2)10-9-15-23(31)34-18(12-25(15,3)20(24)19(17)28)21(29)26-14-7-5-6-8-14/h14-18,20H,5-12H2,1-4H3,(H,26,29)/t15-,16-,17-,18-,20-,24-,25-/m0/s1. The first kappa shape index (κ1) is 24.7. The van der Waals surface area contributed by atoms with Crippen LogP contribution in [0, 0.1) is 28.6 Å². The van der Waals surface area contributed by atoms with Crippen molar-refractivity contribution in [3.05, 3.63) is 0 Å². The van der Waals surface area contributed by atoms with Crippen LogP contribution in [0.3, 0.4) is 0 Å². The molecule has 1 N–H and O–H groups in total. The minimum absolute atomic E-state index is 0.0505. The van der Waals surface area contributed by atoms with Crippen molar-refractivity contribution in [1.29, 1.82) is 0 Å². The van der Waals surface area contributed by atoms with E-state index in [1.807, 2.05) is 13.8 Å². The molecule has 1 saturated heterocycles. The number of Topliss-reactive ketones (excluding diaryl/α,β-unsaturated/α-hetero) is 1. The van der Waals surface area contributed by atoms with Crippen LogP contribution in [0.4, 0.5) is 0 Å². The molecule has 34 heavy (non-hydrogen) atoms. The van der Waals surface area contributed by atoms with Crippen molar-refractivity contribution in [3.8, 4) is 0 Å². The van der Waals surface area contributed by atoms with E-state index in [2.05, 4.69) is 5.32 Å². The maximum Gasteiger partial charge on any atom is 0.310 e. The number of methoxy groups -OCH3 is 1. The maximum atomic E-state index is 13.8. The largest absolute Gasteiger partial charge is 0.469 e. The quantitative estimate of drug-likeness (QED) is 0.482. The summed E-state index contributed by atoms with van der Waals surface area (Å²) < 4.78 is 16.0. The van der Waals surface area contributed by atoms with Gasteiger partial charge in [-0.2, -0.15) is 0 Å². The Bertz CT molecular complexity index is 895. The van der Waals surface area contributed by atoms with Crippen LogP contribution in [-0.4, -0.2) is 55.0 Å². The summed E-state index contributed by atoms with van der Waals surface area (Å²) in [4.78, 5) is 64.5. The molecule has 7 atom stereocenters. The molecule has 9 nitrogen and oxygen atoms in total. The lowest BCUT2D eigenvalue weighted by Gasteiger charge is -2.60. The molecule has 0 unspecified atom stereocenters. The van der Waals surface area contributed by atoms with E-state index >= 15 is 0 Å². The predicted octanol–water partition coefficient (Wildman–Crippen LogP) is 2.09. The highest BCUT2D eigenvalue weighted by Crippen LogP contribution is 2.64. The normalized spacial score (nSPS) is 39.9. The van der Waals surface area contributed by atoms with Crippen LogP contribution in [0.15, 0.2) is 0 Å². The number of carbonyl (C=O) groups is 5. The van der Waals surface area contributed by atoms with Crippen molar-refractivity contribution in [2.24, 2.45) is 28.6 Å². The Hall–Kier alpha value is -2.45. The third-order valence-electron chi connectivity index (χ3n) is 8.89. The first-order chi connectivity index (χ1) is 16.0. The van der Waals surface area contributed by atoms with Gasteiger partial charge in [-0.15, -0.1) is 0 Å². The molecule has 1 amide bonds. The number of fused-ring (bicyclic) bond motifs is 3. The number of ketones is 1. The van der Waals surface area contributed by atoms with Gasteiger partial charge in [-0.3, -0.25) is 24.0 Å². The number of ether oxygens (including phenoxy) is 3. The van der Waals surface area contributed by atoms with Gasteiger partial charge in [0.1, 0.15) is 0 Å². The average molecular weight is 478 g/mol. The number of nitrogens with one attached hydrogen (secondary N) is 1. The Kier molecular flexibility index (Phi) is 6.50. The monoisotopic (exact) mass is 477 g/mol. The number of esters is 3. The first-order valence-electron chi connectivity index (χ1n) is 12.3. The van der Waals surface area contributed by atoms with E-state index < -0.39 is 58.7 Å². The molecule has 4 aliphatic rings. The lowest BCUT2D eigenvalue weighted by molar-refractivity contribution is -0.210. The van der Waals surface area contributed by atoms with Crippen LogP contribution in [0.2, 0.25) is 0 Å². The summed E-state index contributed by atoms with van der Waals surface area (Å²) in [6, 6.07) is 0.0710. The second kappa shape index (κ2) is 8.96. The summed E-state index contributed by atoms with van der Waals surface area (Å²) in [7, 11) is 1.30. The molecule has 3 aliphatic carbocycles. The number of hydrogen-bond acceptors (Lipinski definition) is 8. The Labute approximate surface area is 199 Å². The number of carbonyl (C=O) groups excluding carboxylic acids is 5. The Balaban J connectivity index is 1.69. The van der Waals surface area contributed by atoms with Gasteiger partial charge in [0, 0.05) is 31.7 Å². The topological polar surface area (TPSA) is 125 Å². The Morgan fingerprint density at radius 3 is 2.35 bits per heavy atom. The van der Waals surface area contributed by atoms with Gasteiger partial charge < -0.3 is 19.5 Å². The molecule has 0 radical (unpaired) electrons. The van der Waals surface area contributed by atoms with Crippen LogP contribution in [0.1, 0.15) is 72.1 Å². The summed E-state index contributed by atoms with van der Waals surface area (Å²) in [6.07, 6.45) is 2.92. The lowest BCUT2D eigenvalue weighted by Crippen LogP contribution is -2.66. The molecule has 0 aromatic carbocycles. The van der Waals surface area contributed by atoms with Crippen molar-refractivity contribution in [3.63, 3.8) is 0 Å². The molecule has 3 saturated carbocycles. The lowest BCUT2D eigenvalue weighted by atomic mass is 9.43. The smallest absolute Gasteiger partial charge is 0.310 e. The Morgan fingerprint density at radius 2 is 1.74 bits per heavy atom. The van der Waals surface area contributed by atoms with E-state index in [4.69, 9.17) is 14.2 Å². The van der Waals surface area contributed by atoms with Gasteiger partial charge >= 0.3 is 17.9 Å². The number of rotatable bonds is 4. The molecule has 4 rings (SSSR count). The fourth-order valence-electron chi connectivity index (χ4n) is 7.33. The van der Waals surface area contributed by atoms with E-state index in [9.17, 15) is 24.0 Å². The fraction of sp³-hybridized carbons (Fsp3) is 0.800. The summed E-state index contributed by atoms with van der Waals surface area (Å²) in [5.74, 6) is -4.22. The van der Waals surface area contributed by atoms with Gasteiger partial charge in [-0.1, -0.05) is 26.7 Å². The number of cyclic esters (lactones) is 1. The van der Waals surface area contributed by atoms with Crippen LogP contribution in [-0.2, 0) is 38.2 Å². The van der Waals surface area contributed by atoms with Gasteiger partial charge in [0.05, 0.1) is 18.9 Å². The summed E-state index contributed by atoms with van der Waals surface area (Å²) in [5, 5.41) is 3.00. The molecule has 1 aliphatic heterocycles. The minimum atomic E-state index is -1.10. The van der Waals surface area contributed by atoms with Crippen molar-refractivity contribution in [2.45, 2.75) is 90.4 Å². The molecule has 1 heterocycles. The molecular formula is C25H35NO8. The van der Waals surface area contributed by atoms with Crippen LogP contribution in [0.25, 0.3) is 0 Å². The van der Waals surface area contributed by atoms with Gasteiger partial charge in [0.25, 0.3) is 5.91 Å². The molecule has 188 valence electrons. The molecule has 0 spiro atoms. The van der Waals surface area contributed by atoms with Gasteiger partial charge in [0.2, 0.25) is 0 Å². The van der Waals surface area contributed by atoms with Crippen molar-refractivity contribution in [2.75, 3.05) is 7.11 Å². The third-order valence-corrected chi connectivity index (χ3v) is 8.89.